The highest BCUT2D eigenvalue weighted by atomic mass is 35.5. The van der Waals surface area contributed by atoms with E-state index in [1.807, 2.05) is 6.92 Å². The van der Waals surface area contributed by atoms with Crippen LogP contribution < -0.4 is 4.90 Å². The molecule has 6 nitrogen and oxygen atoms in total. The van der Waals surface area contributed by atoms with Crippen LogP contribution in [-0.4, -0.2) is 58.5 Å². The quantitative estimate of drug-likeness (QED) is 0.757. The molecule has 1 aromatic rings. The molecule has 0 N–H and O–H groups in total. The van der Waals surface area contributed by atoms with E-state index < -0.39 is 4.84 Å². The van der Waals surface area contributed by atoms with Crippen LogP contribution >= 0.6 is 23.2 Å². The largest absolute Gasteiger partial charge is 0.378 e. The van der Waals surface area contributed by atoms with E-state index in [0.29, 0.717) is 32.7 Å². The summed E-state index contributed by atoms with van der Waals surface area (Å²) in [7, 11) is 0. The highest BCUT2D eigenvalue weighted by Crippen LogP contribution is 2.28. The summed E-state index contributed by atoms with van der Waals surface area (Å²) in [5.41, 5.74) is 2.01. The zero-order valence-electron chi connectivity index (χ0n) is 12.4. The first kappa shape index (κ1) is 15.8. The number of ether oxygens (including phenoxy) is 1. The van der Waals surface area contributed by atoms with Crippen molar-refractivity contribution < 1.29 is 9.53 Å². The minimum absolute atomic E-state index is 0.262. The molecule has 8 heteroatoms. The molecule has 1 saturated heterocycles. The van der Waals surface area contributed by atoms with Gasteiger partial charge >= 0.3 is 0 Å². The summed E-state index contributed by atoms with van der Waals surface area (Å²) >= 11 is 11.4. The van der Waals surface area contributed by atoms with Crippen molar-refractivity contribution in [3.05, 3.63) is 17.1 Å². The Bertz CT molecular complexity index is 576. The summed E-state index contributed by atoms with van der Waals surface area (Å²) in [5.74, 6) is 1.40. The number of fused-ring (bicyclic) bond motifs is 1. The van der Waals surface area contributed by atoms with E-state index in [1.165, 1.54) is 0 Å². The van der Waals surface area contributed by atoms with E-state index in [2.05, 4.69) is 14.9 Å². The maximum absolute atomic E-state index is 12.0. The molecule has 3 heterocycles. The molecule has 3 rings (SSSR count). The fraction of sp³-hybridized carbons (Fsp3) is 0.643. The summed E-state index contributed by atoms with van der Waals surface area (Å²) in [4.78, 5) is 24.0. The highest BCUT2D eigenvalue weighted by molar-refractivity contribution is 6.53. The number of morpholine rings is 1. The first-order valence-electron chi connectivity index (χ1n) is 7.32. The lowest BCUT2D eigenvalue weighted by atomic mass is 10.1. The monoisotopic (exact) mass is 344 g/mol. The molecule has 0 bridgehead atoms. The lowest BCUT2D eigenvalue weighted by Crippen LogP contribution is -2.42. The van der Waals surface area contributed by atoms with E-state index in [-0.39, 0.29) is 5.91 Å². The van der Waals surface area contributed by atoms with Gasteiger partial charge in [0, 0.05) is 31.6 Å². The Morgan fingerprint density at radius 1 is 1.23 bits per heavy atom. The number of aryl methyl sites for hydroxylation is 1. The van der Waals surface area contributed by atoms with Crippen LogP contribution in [0.25, 0.3) is 0 Å². The second-order valence-corrected chi connectivity index (χ2v) is 6.53. The molecule has 0 aromatic carbocycles. The van der Waals surface area contributed by atoms with Crippen molar-refractivity contribution in [1.82, 2.24) is 14.9 Å². The fourth-order valence-corrected chi connectivity index (χ4v) is 3.16. The molecule has 2 aliphatic heterocycles. The van der Waals surface area contributed by atoms with Crippen molar-refractivity contribution >= 4 is 34.9 Å². The maximum atomic E-state index is 12.0. The van der Waals surface area contributed by atoms with Crippen LogP contribution in [-0.2, 0) is 22.5 Å². The van der Waals surface area contributed by atoms with Gasteiger partial charge in [-0.15, -0.1) is 0 Å². The zero-order chi connectivity index (χ0) is 15.7. The first-order chi connectivity index (χ1) is 10.6. The number of amides is 1. The van der Waals surface area contributed by atoms with Crippen LogP contribution in [0.5, 0.6) is 0 Å². The molecule has 1 amide bonds. The number of carbonyl (C=O) groups is 1. The normalized spacial score (nSPS) is 18.5. The van der Waals surface area contributed by atoms with E-state index in [9.17, 15) is 4.79 Å². The molecule has 0 unspecified atom stereocenters. The lowest BCUT2D eigenvalue weighted by Gasteiger charge is -2.34. The van der Waals surface area contributed by atoms with Crippen molar-refractivity contribution in [3.8, 4) is 0 Å². The summed E-state index contributed by atoms with van der Waals surface area (Å²) in [6, 6.07) is 0. The second-order valence-electron chi connectivity index (χ2n) is 5.43. The van der Waals surface area contributed by atoms with Gasteiger partial charge in [-0.1, -0.05) is 23.2 Å². The predicted molar refractivity (Wildman–Crippen MR) is 84.4 cm³/mol. The third-order valence-corrected chi connectivity index (χ3v) is 4.33. The Kier molecular flexibility index (Phi) is 4.70. The Balaban J connectivity index is 1.92. The number of hydrogen-bond donors (Lipinski definition) is 0. The summed E-state index contributed by atoms with van der Waals surface area (Å²) in [5, 5.41) is 0. The van der Waals surface area contributed by atoms with E-state index >= 15 is 0 Å². The average molecular weight is 345 g/mol. The zero-order valence-corrected chi connectivity index (χ0v) is 13.9. The van der Waals surface area contributed by atoms with Gasteiger partial charge in [-0.3, -0.25) is 4.79 Å². The summed E-state index contributed by atoms with van der Waals surface area (Å²) in [6.07, 6.45) is 0.697. The van der Waals surface area contributed by atoms with Crippen LogP contribution in [0, 0.1) is 6.92 Å². The number of halogens is 2. The minimum Gasteiger partial charge on any atom is -0.378 e. The third-order valence-electron chi connectivity index (χ3n) is 3.96. The van der Waals surface area contributed by atoms with Gasteiger partial charge in [0.1, 0.15) is 11.6 Å². The number of aromatic nitrogens is 2. The second kappa shape index (κ2) is 6.56. The van der Waals surface area contributed by atoms with Crippen LogP contribution in [0.3, 0.4) is 0 Å². The molecule has 1 aromatic heterocycles. The molecule has 2 aliphatic rings. The average Bonchev–Trinajstić information content (AvgIpc) is 2.53. The number of hydrogen-bond acceptors (Lipinski definition) is 5. The Morgan fingerprint density at radius 2 is 1.95 bits per heavy atom. The third kappa shape index (κ3) is 3.14. The standard InChI is InChI=1S/C14H18Cl2N4O2/c1-9-17-11-2-3-20(14(21)12(15)16)8-10(11)13(18-9)19-4-6-22-7-5-19/h12H,2-8H2,1H3. The van der Waals surface area contributed by atoms with Gasteiger partial charge < -0.3 is 14.5 Å². The Hall–Kier alpha value is -1.11. The Morgan fingerprint density at radius 3 is 2.64 bits per heavy atom. The van der Waals surface area contributed by atoms with Gasteiger partial charge in [-0.2, -0.15) is 0 Å². The van der Waals surface area contributed by atoms with Gasteiger partial charge in [0.15, 0.2) is 4.84 Å². The van der Waals surface area contributed by atoms with Crippen LogP contribution in [0.1, 0.15) is 17.1 Å². The highest BCUT2D eigenvalue weighted by Gasteiger charge is 2.29. The van der Waals surface area contributed by atoms with Gasteiger partial charge in [0.05, 0.1) is 25.5 Å². The van der Waals surface area contributed by atoms with Gasteiger partial charge in [-0.25, -0.2) is 9.97 Å². The van der Waals surface area contributed by atoms with Crippen molar-refractivity contribution in [2.24, 2.45) is 0 Å². The molecular weight excluding hydrogens is 327 g/mol. The summed E-state index contributed by atoms with van der Waals surface area (Å²) < 4.78 is 5.40. The SMILES string of the molecule is Cc1nc2c(c(N3CCOCC3)n1)CN(C(=O)C(Cl)Cl)CC2. The molecule has 1 fully saturated rings. The van der Waals surface area contributed by atoms with Gasteiger partial charge in [0.25, 0.3) is 5.91 Å². The molecule has 0 saturated carbocycles. The van der Waals surface area contributed by atoms with Crippen molar-refractivity contribution in [2.45, 2.75) is 24.7 Å². The van der Waals surface area contributed by atoms with E-state index in [4.69, 9.17) is 27.9 Å². The lowest BCUT2D eigenvalue weighted by molar-refractivity contribution is -0.130. The van der Waals surface area contributed by atoms with Crippen LogP contribution in [0.2, 0.25) is 0 Å². The molecule has 0 atom stereocenters. The molecule has 0 spiro atoms. The smallest absolute Gasteiger partial charge is 0.256 e. The summed E-state index contributed by atoms with van der Waals surface area (Å²) in [6.45, 7) is 5.90. The topological polar surface area (TPSA) is 58.6 Å². The molecule has 120 valence electrons. The predicted octanol–water partition coefficient (Wildman–Crippen LogP) is 1.31. The fourth-order valence-electron chi connectivity index (χ4n) is 2.88. The number of carbonyl (C=O) groups excluding carboxylic acids is 1. The van der Waals surface area contributed by atoms with Crippen molar-refractivity contribution in [1.29, 1.82) is 0 Å². The maximum Gasteiger partial charge on any atom is 0.256 e. The number of rotatable bonds is 2. The van der Waals surface area contributed by atoms with Crippen LogP contribution in [0.15, 0.2) is 0 Å². The van der Waals surface area contributed by atoms with E-state index in [0.717, 1.165) is 36.0 Å². The van der Waals surface area contributed by atoms with Crippen molar-refractivity contribution in [3.63, 3.8) is 0 Å². The number of alkyl halides is 2. The van der Waals surface area contributed by atoms with Gasteiger partial charge in [0.2, 0.25) is 0 Å². The van der Waals surface area contributed by atoms with E-state index in [1.54, 1.807) is 4.90 Å². The Labute approximate surface area is 139 Å². The van der Waals surface area contributed by atoms with Crippen molar-refractivity contribution in [2.75, 3.05) is 37.7 Å². The minimum atomic E-state index is -1.03. The number of anilines is 1. The number of nitrogens with zero attached hydrogens (tertiary/aromatic N) is 4. The molecule has 0 radical (unpaired) electrons. The van der Waals surface area contributed by atoms with Crippen LogP contribution in [0.4, 0.5) is 5.82 Å². The molecule has 22 heavy (non-hydrogen) atoms. The van der Waals surface area contributed by atoms with Gasteiger partial charge in [-0.05, 0) is 6.92 Å². The molecule has 0 aliphatic carbocycles. The first-order valence-corrected chi connectivity index (χ1v) is 8.19. The molecular formula is C14H18Cl2N4O2.